The van der Waals surface area contributed by atoms with Gasteiger partial charge < -0.3 is 14.5 Å². The lowest BCUT2D eigenvalue weighted by molar-refractivity contribution is -0.147. The van der Waals surface area contributed by atoms with E-state index in [2.05, 4.69) is 20.9 Å². The first-order chi connectivity index (χ1) is 12.2. The third-order valence-electron chi connectivity index (χ3n) is 5.78. The maximum absolute atomic E-state index is 13.3. The van der Waals surface area contributed by atoms with Gasteiger partial charge in [0.05, 0.1) is 6.07 Å². The van der Waals surface area contributed by atoms with Crippen LogP contribution in [0.3, 0.4) is 0 Å². The first kappa shape index (κ1) is 16.3. The Morgan fingerprint density at radius 2 is 1.96 bits per heavy atom. The van der Waals surface area contributed by atoms with Crippen LogP contribution in [-0.4, -0.2) is 59.7 Å². The van der Waals surface area contributed by atoms with Crippen LogP contribution in [0.15, 0.2) is 18.5 Å². The van der Waals surface area contributed by atoms with Gasteiger partial charge in [0, 0.05) is 51.3 Å². The molecule has 0 aromatic carbocycles. The first-order valence-electron chi connectivity index (χ1n) is 9.04. The number of carbonyl (C=O) groups excluding carboxylic acids is 1. The molecule has 25 heavy (non-hydrogen) atoms. The highest BCUT2D eigenvalue weighted by Crippen LogP contribution is 2.37. The van der Waals surface area contributed by atoms with E-state index in [1.54, 1.807) is 12.4 Å². The van der Waals surface area contributed by atoms with Gasteiger partial charge in [-0.3, -0.25) is 4.79 Å². The van der Waals surface area contributed by atoms with E-state index in [1.165, 1.54) is 0 Å². The summed E-state index contributed by atoms with van der Waals surface area (Å²) in [6, 6.07) is 4.27. The quantitative estimate of drug-likeness (QED) is 0.804. The van der Waals surface area contributed by atoms with Crippen molar-refractivity contribution in [3.63, 3.8) is 0 Å². The molecule has 0 spiro atoms. The molecule has 0 radical (unpaired) electrons. The lowest BCUT2D eigenvalue weighted by Gasteiger charge is -2.41. The standard InChI is InChI=1S/C18H23N5O2/c19-13-18(4-8-25-9-5-18)16(24)23-11-14-2-3-15(23)12-22(10-14)17-20-6-1-7-21-17/h1,6-7,14-15H,2-5,8-12H2/t14-,15+/m0/s1. The summed E-state index contributed by atoms with van der Waals surface area (Å²) in [6.07, 6.45) is 6.61. The molecule has 4 fully saturated rings. The molecule has 2 bridgehead atoms. The zero-order chi connectivity index (χ0) is 17.3. The molecule has 5 rings (SSSR count). The molecule has 0 N–H and O–H groups in total. The van der Waals surface area contributed by atoms with Gasteiger partial charge in [0.15, 0.2) is 0 Å². The Balaban J connectivity index is 1.56. The summed E-state index contributed by atoms with van der Waals surface area (Å²) in [5.74, 6) is 1.14. The van der Waals surface area contributed by atoms with Crippen molar-refractivity contribution in [2.45, 2.75) is 31.7 Å². The van der Waals surface area contributed by atoms with Crippen molar-refractivity contribution in [1.29, 1.82) is 5.26 Å². The topological polar surface area (TPSA) is 82.4 Å². The average Bonchev–Trinajstić information content (AvgIpc) is 3.00. The van der Waals surface area contributed by atoms with Crippen molar-refractivity contribution in [3.8, 4) is 6.07 Å². The van der Waals surface area contributed by atoms with E-state index in [0.717, 1.165) is 38.4 Å². The van der Waals surface area contributed by atoms with Crippen LogP contribution in [0.5, 0.6) is 0 Å². The molecule has 2 atom stereocenters. The molecule has 0 unspecified atom stereocenters. The van der Waals surface area contributed by atoms with E-state index < -0.39 is 5.41 Å². The van der Waals surface area contributed by atoms with Gasteiger partial charge in [0.25, 0.3) is 0 Å². The van der Waals surface area contributed by atoms with Crippen molar-refractivity contribution in [2.24, 2.45) is 11.3 Å². The number of hydrogen-bond acceptors (Lipinski definition) is 6. The molecule has 4 saturated heterocycles. The maximum Gasteiger partial charge on any atom is 0.243 e. The lowest BCUT2D eigenvalue weighted by atomic mass is 9.79. The van der Waals surface area contributed by atoms with E-state index in [-0.39, 0.29) is 11.9 Å². The molecular formula is C18H23N5O2. The SMILES string of the molecule is N#CC1(C(=O)N2C[C@H]3CC[C@@H]2CN(c2ncccn2)C3)CCOCC1. The van der Waals surface area contributed by atoms with Gasteiger partial charge in [-0.1, -0.05) is 0 Å². The molecule has 4 aliphatic heterocycles. The molecule has 1 aromatic heterocycles. The van der Waals surface area contributed by atoms with Crippen LogP contribution in [-0.2, 0) is 9.53 Å². The fourth-order valence-electron chi connectivity index (χ4n) is 4.32. The molecule has 1 amide bonds. The highest BCUT2D eigenvalue weighted by molar-refractivity contribution is 5.86. The molecule has 5 heterocycles. The summed E-state index contributed by atoms with van der Waals surface area (Å²) in [5, 5.41) is 9.73. The smallest absolute Gasteiger partial charge is 0.243 e. The molecule has 0 aliphatic carbocycles. The third kappa shape index (κ3) is 2.95. The Kier molecular flexibility index (Phi) is 4.30. The van der Waals surface area contributed by atoms with Gasteiger partial charge in [-0.25, -0.2) is 9.97 Å². The first-order valence-corrected chi connectivity index (χ1v) is 9.04. The maximum atomic E-state index is 13.3. The van der Waals surface area contributed by atoms with Crippen molar-refractivity contribution in [3.05, 3.63) is 18.5 Å². The van der Waals surface area contributed by atoms with Crippen LogP contribution in [0.1, 0.15) is 25.7 Å². The van der Waals surface area contributed by atoms with Gasteiger partial charge >= 0.3 is 0 Å². The minimum atomic E-state index is -0.906. The average molecular weight is 341 g/mol. The second-order valence-electron chi connectivity index (χ2n) is 7.31. The number of amides is 1. The summed E-state index contributed by atoms with van der Waals surface area (Å²) in [5.41, 5.74) is -0.906. The number of nitriles is 1. The van der Waals surface area contributed by atoms with Gasteiger partial charge in [0.2, 0.25) is 11.9 Å². The van der Waals surface area contributed by atoms with E-state index in [4.69, 9.17) is 4.74 Å². The summed E-state index contributed by atoms with van der Waals surface area (Å²) in [7, 11) is 0. The summed E-state index contributed by atoms with van der Waals surface area (Å²) in [4.78, 5) is 26.2. The largest absolute Gasteiger partial charge is 0.381 e. The zero-order valence-electron chi connectivity index (χ0n) is 14.3. The number of anilines is 1. The van der Waals surface area contributed by atoms with Gasteiger partial charge in [-0.2, -0.15) is 5.26 Å². The van der Waals surface area contributed by atoms with Crippen LogP contribution in [0.25, 0.3) is 0 Å². The fraction of sp³-hybridized carbons (Fsp3) is 0.667. The van der Waals surface area contributed by atoms with Gasteiger partial charge in [-0.15, -0.1) is 0 Å². The second kappa shape index (κ2) is 6.60. The highest BCUT2D eigenvalue weighted by Gasteiger charge is 2.47. The number of hydrogen-bond donors (Lipinski definition) is 0. The van der Waals surface area contributed by atoms with Gasteiger partial charge in [-0.05, 0) is 37.7 Å². The number of fused-ring (bicyclic) bond motifs is 4. The van der Waals surface area contributed by atoms with E-state index >= 15 is 0 Å². The minimum Gasteiger partial charge on any atom is -0.381 e. The molecule has 0 saturated carbocycles. The predicted octanol–water partition coefficient (Wildman–Crippen LogP) is 1.22. The third-order valence-corrected chi connectivity index (χ3v) is 5.78. The van der Waals surface area contributed by atoms with Crippen LogP contribution < -0.4 is 4.90 Å². The number of rotatable bonds is 2. The van der Waals surface area contributed by atoms with Crippen molar-refractivity contribution in [1.82, 2.24) is 14.9 Å². The Morgan fingerprint density at radius 3 is 2.68 bits per heavy atom. The zero-order valence-corrected chi connectivity index (χ0v) is 14.3. The summed E-state index contributed by atoms with van der Waals surface area (Å²) >= 11 is 0. The number of aromatic nitrogens is 2. The fourth-order valence-corrected chi connectivity index (χ4v) is 4.32. The molecular weight excluding hydrogens is 318 g/mol. The highest BCUT2D eigenvalue weighted by atomic mass is 16.5. The Bertz CT molecular complexity index is 668. The monoisotopic (exact) mass is 341 g/mol. The molecule has 1 aromatic rings. The molecule has 7 heteroatoms. The normalized spacial score (nSPS) is 28.3. The molecule has 132 valence electrons. The Morgan fingerprint density at radius 1 is 1.20 bits per heavy atom. The summed E-state index contributed by atoms with van der Waals surface area (Å²) < 4.78 is 5.38. The van der Waals surface area contributed by atoms with Crippen molar-refractivity contribution >= 4 is 11.9 Å². The van der Waals surface area contributed by atoms with Crippen LogP contribution >= 0.6 is 0 Å². The Labute approximate surface area is 147 Å². The number of nitrogens with zero attached hydrogens (tertiary/aromatic N) is 5. The number of piperidine rings is 1. The van der Waals surface area contributed by atoms with E-state index in [9.17, 15) is 10.1 Å². The van der Waals surface area contributed by atoms with E-state index in [0.29, 0.717) is 32.0 Å². The molecule has 4 aliphatic rings. The number of ether oxygens (including phenoxy) is 1. The van der Waals surface area contributed by atoms with Gasteiger partial charge in [0.1, 0.15) is 5.41 Å². The van der Waals surface area contributed by atoms with E-state index in [1.807, 2.05) is 11.0 Å². The Hall–Kier alpha value is -2.20. The van der Waals surface area contributed by atoms with Crippen LogP contribution in [0, 0.1) is 22.7 Å². The lowest BCUT2D eigenvalue weighted by Crippen LogP contribution is -2.54. The van der Waals surface area contributed by atoms with Crippen molar-refractivity contribution < 1.29 is 9.53 Å². The van der Waals surface area contributed by atoms with Crippen LogP contribution in [0.4, 0.5) is 5.95 Å². The van der Waals surface area contributed by atoms with Crippen molar-refractivity contribution in [2.75, 3.05) is 37.7 Å². The summed E-state index contributed by atoms with van der Waals surface area (Å²) in [6.45, 7) is 3.32. The predicted molar refractivity (Wildman–Crippen MR) is 90.6 cm³/mol. The number of carbonyl (C=O) groups is 1. The van der Waals surface area contributed by atoms with Crippen LogP contribution in [0.2, 0.25) is 0 Å². The second-order valence-corrected chi connectivity index (χ2v) is 7.31. The minimum absolute atomic E-state index is 0.00355. The molecule has 7 nitrogen and oxygen atoms in total.